The first kappa shape index (κ1) is 13.3. The number of carbonyl (C=O) groups excluding carboxylic acids is 1. The molecule has 0 aliphatic carbocycles. The summed E-state index contributed by atoms with van der Waals surface area (Å²) in [6.07, 6.45) is 0. The van der Waals surface area contributed by atoms with Gasteiger partial charge >= 0.3 is 5.97 Å². The molecule has 0 saturated heterocycles. The van der Waals surface area contributed by atoms with Crippen LogP contribution in [-0.4, -0.2) is 5.97 Å². The van der Waals surface area contributed by atoms with Gasteiger partial charge in [0, 0.05) is 0 Å². The van der Waals surface area contributed by atoms with Crippen LogP contribution in [0.2, 0.25) is 0 Å². The number of benzene rings is 2. The van der Waals surface area contributed by atoms with Crippen molar-refractivity contribution in [1.29, 1.82) is 0 Å². The number of carbonyl (C=O) groups is 1. The third kappa shape index (κ3) is 3.02. The van der Waals surface area contributed by atoms with Crippen LogP contribution in [0, 0.1) is 27.7 Å². The third-order valence-electron chi connectivity index (χ3n) is 3.09. The second-order valence-electron chi connectivity index (χ2n) is 4.98. The Morgan fingerprint density at radius 2 is 1.37 bits per heavy atom. The average molecular weight is 254 g/mol. The van der Waals surface area contributed by atoms with E-state index in [1.165, 1.54) is 5.56 Å². The maximum Gasteiger partial charge on any atom is 0.343 e. The molecule has 0 aromatic heterocycles. The molecule has 0 N–H and O–H groups in total. The molecule has 0 bridgehead atoms. The molecule has 0 amide bonds. The van der Waals surface area contributed by atoms with Gasteiger partial charge in [0.25, 0.3) is 0 Å². The van der Waals surface area contributed by atoms with Crippen LogP contribution in [0.3, 0.4) is 0 Å². The normalized spacial score (nSPS) is 10.3. The Kier molecular flexibility index (Phi) is 3.70. The Morgan fingerprint density at radius 1 is 0.842 bits per heavy atom. The summed E-state index contributed by atoms with van der Waals surface area (Å²) in [5.41, 5.74) is 4.84. The van der Waals surface area contributed by atoms with Gasteiger partial charge in [0.15, 0.2) is 0 Å². The van der Waals surface area contributed by atoms with Crippen molar-refractivity contribution in [3.63, 3.8) is 0 Å². The predicted molar refractivity (Wildman–Crippen MR) is 76.8 cm³/mol. The Balaban J connectivity index is 2.26. The number of aryl methyl sites for hydroxylation is 4. The lowest BCUT2D eigenvalue weighted by molar-refractivity contribution is 0.0732. The fraction of sp³-hybridized carbons (Fsp3) is 0.235. The topological polar surface area (TPSA) is 26.3 Å². The van der Waals surface area contributed by atoms with E-state index in [0.717, 1.165) is 16.7 Å². The second-order valence-corrected chi connectivity index (χ2v) is 4.98. The molecule has 2 heteroatoms. The van der Waals surface area contributed by atoms with Crippen LogP contribution in [0.1, 0.15) is 32.6 Å². The molecule has 2 aromatic carbocycles. The average Bonchev–Trinajstić information content (AvgIpc) is 2.34. The van der Waals surface area contributed by atoms with Gasteiger partial charge in [-0.05, 0) is 51.0 Å². The van der Waals surface area contributed by atoms with E-state index in [0.29, 0.717) is 11.3 Å². The summed E-state index contributed by atoms with van der Waals surface area (Å²) in [6.45, 7) is 7.93. The van der Waals surface area contributed by atoms with Crippen molar-refractivity contribution >= 4 is 5.97 Å². The fourth-order valence-electron chi connectivity index (χ4n) is 2.17. The molecule has 0 unspecified atom stereocenters. The van der Waals surface area contributed by atoms with Crippen molar-refractivity contribution in [3.05, 3.63) is 64.2 Å². The highest BCUT2D eigenvalue weighted by molar-refractivity contribution is 5.91. The monoisotopic (exact) mass is 254 g/mol. The van der Waals surface area contributed by atoms with Gasteiger partial charge in [0.1, 0.15) is 5.75 Å². The SMILES string of the molecule is Cc1ccc(C(=O)Oc2c(C)cc(C)cc2C)cc1. The van der Waals surface area contributed by atoms with Crippen LogP contribution in [0.15, 0.2) is 36.4 Å². The second kappa shape index (κ2) is 5.27. The van der Waals surface area contributed by atoms with Crippen LogP contribution in [-0.2, 0) is 0 Å². The molecule has 19 heavy (non-hydrogen) atoms. The van der Waals surface area contributed by atoms with Crippen molar-refractivity contribution in [3.8, 4) is 5.75 Å². The van der Waals surface area contributed by atoms with Gasteiger partial charge in [-0.2, -0.15) is 0 Å². The summed E-state index contributed by atoms with van der Waals surface area (Å²) in [5.74, 6) is 0.353. The van der Waals surface area contributed by atoms with E-state index in [9.17, 15) is 4.79 Å². The lowest BCUT2D eigenvalue weighted by atomic mass is 10.1. The van der Waals surface area contributed by atoms with Crippen LogP contribution < -0.4 is 4.74 Å². The van der Waals surface area contributed by atoms with Gasteiger partial charge in [-0.1, -0.05) is 35.4 Å². The zero-order chi connectivity index (χ0) is 14.0. The first-order valence-electron chi connectivity index (χ1n) is 6.34. The Labute approximate surface area is 114 Å². The molecular weight excluding hydrogens is 236 g/mol. The molecule has 0 spiro atoms. The van der Waals surface area contributed by atoms with Gasteiger partial charge in [-0.3, -0.25) is 0 Å². The summed E-state index contributed by atoms with van der Waals surface area (Å²) in [4.78, 5) is 12.1. The molecule has 2 aromatic rings. The van der Waals surface area contributed by atoms with Crippen molar-refractivity contribution in [2.75, 3.05) is 0 Å². The Bertz CT molecular complexity index is 587. The summed E-state index contributed by atoms with van der Waals surface area (Å²) in [5, 5.41) is 0. The third-order valence-corrected chi connectivity index (χ3v) is 3.09. The number of esters is 1. The molecule has 0 aliphatic rings. The molecule has 0 fully saturated rings. The minimum Gasteiger partial charge on any atom is -0.422 e. The summed E-state index contributed by atoms with van der Waals surface area (Å²) >= 11 is 0. The minimum atomic E-state index is -0.310. The maximum atomic E-state index is 12.1. The molecule has 0 saturated carbocycles. The zero-order valence-corrected chi connectivity index (χ0v) is 11.8. The summed E-state index contributed by atoms with van der Waals surface area (Å²) in [6, 6.07) is 11.4. The molecule has 2 nitrogen and oxygen atoms in total. The standard InChI is InChI=1S/C17H18O2/c1-11-5-7-15(8-6-11)17(18)19-16-13(3)9-12(2)10-14(16)4/h5-10H,1-4H3. The predicted octanol–water partition coefficient (Wildman–Crippen LogP) is 4.14. The molecular formula is C17H18O2. The molecule has 0 radical (unpaired) electrons. The largest absolute Gasteiger partial charge is 0.422 e. The Hall–Kier alpha value is -2.09. The van der Waals surface area contributed by atoms with Crippen LogP contribution in [0.5, 0.6) is 5.75 Å². The highest BCUT2D eigenvalue weighted by Crippen LogP contribution is 2.25. The maximum absolute atomic E-state index is 12.1. The molecule has 98 valence electrons. The first-order valence-corrected chi connectivity index (χ1v) is 6.34. The molecule has 0 atom stereocenters. The van der Waals surface area contributed by atoms with Gasteiger partial charge < -0.3 is 4.74 Å². The highest BCUT2D eigenvalue weighted by Gasteiger charge is 2.12. The van der Waals surface area contributed by atoms with Gasteiger partial charge in [0.2, 0.25) is 0 Å². The van der Waals surface area contributed by atoms with Crippen LogP contribution in [0.4, 0.5) is 0 Å². The number of ether oxygens (including phenoxy) is 1. The molecule has 0 heterocycles. The van der Waals surface area contributed by atoms with Gasteiger partial charge in [-0.25, -0.2) is 4.79 Å². The van der Waals surface area contributed by atoms with E-state index in [-0.39, 0.29) is 5.97 Å². The first-order chi connectivity index (χ1) is 8.97. The van der Waals surface area contributed by atoms with E-state index in [2.05, 4.69) is 0 Å². The molecule has 2 rings (SSSR count). The van der Waals surface area contributed by atoms with Gasteiger partial charge in [0.05, 0.1) is 5.56 Å². The van der Waals surface area contributed by atoms with Crippen molar-refractivity contribution in [1.82, 2.24) is 0 Å². The lowest BCUT2D eigenvalue weighted by Crippen LogP contribution is -2.10. The minimum absolute atomic E-state index is 0.310. The smallest absolute Gasteiger partial charge is 0.343 e. The Morgan fingerprint density at radius 3 is 1.89 bits per heavy atom. The number of hydrogen-bond acceptors (Lipinski definition) is 2. The number of hydrogen-bond donors (Lipinski definition) is 0. The van der Waals surface area contributed by atoms with Crippen molar-refractivity contribution < 1.29 is 9.53 Å². The summed E-state index contributed by atoms with van der Waals surface area (Å²) < 4.78 is 5.52. The van der Waals surface area contributed by atoms with Gasteiger partial charge in [-0.15, -0.1) is 0 Å². The fourth-order valence-corrected chi connectivity index (χ4v) is 2.17. The quantitative estimate of drug-likeness (QED) is 0.594. The molecule has 0 aliphatic heterocycles. The van der Waals surface area contributed by atoms with Crippen LogP contribution >= 0.6 is 0 Å². The van der Waals surface area contributed by atoms with Crippen molar-refractivity contribution in [2.45, 2.75) is 27.7 Å². The number of rotatable bonds is 2. The summed E-state index contributed by atoms with van der Waals surface area (Å²) in [7, 11) is 0. The van der Waals surface area contributed by atoms with E-state index in [4.69, 9.17) is 4.74 Å². The van der Waals surface area contributed by atoms with E-state index in [1.807, 2.05) is 52.0 Å². The lowest BCUT2D eigenvalue weighted by Gasteiger charge is -2.11. The highest BCUT2D eigenvalue weighted by atomic mass is 16.5. The van der Waals surface area contributed by atoms with E-state index in [1.54, 1.807) is 12.1 Å². The van der Waals surface area contributed by atoms with Crippen LogP contribution in [0.25, 0.3) is 0 Å². The van der Waals surface area contributed by atoms with E-state index < -0.39 is 0 Å². The zero-order valence-electron chi connectivity index (χ0n) is 11.8. The van der Waals surface area contributed by atoms with Crippen molar-refractivity contribution in [2.24, 2.45) is 0 Å². The van der Waals surface area contributed by atoms with E-state index >= 15 is 0 Å².